The molecule has 2 N–H and O–H groups in total. The molecule has 0 radical (unpaired) electrons. The molecule has 0 bridgehead atoms. The van der Waals surface area contributed by atoms with Gasteiger partial charge in [-0.2, -0.15) is 4.98 Å². The van der Waals surface area contributed by atoms with Gasteiger partial charge < -0.3 is 15.5 Å². The van der Waals surface area contributed by atoms with E-state index in [1.54, 1.807) is 6.20 Å². The Morgan fingerprint density at radius 1 is 1.19 bits per heavy atom. The van der Waals surface area contributed by atoms with Crippen molar-refractivity contribution in [3.63, 3.8) is 0 Å². The van der Waals surface area contributed by atoms with Gasteiger partial charge in [-0.05, 0) is 94.8 Å². The Morgan fingerprint density at radius 3 is 2.62 bits per heavy atom. The monoisotopic (exact) mass is 451 g/mol. The Labute approximate surface area is 190 Å². The van der Waals surface area contributed by atoms with E-state index in [2.05, 4.69) is 32.5 Å². The van der Waals surface area contributed by atoms with E-state index in [-0.39, 0.29) is 16.6 Å². The number of nitrogens with one attached hydrogen (secondary N) is 2. The van der Waals surface area contributed by atoms with E-state index in [0.717, 1.165) is 60.5 Å². The second kappa shape index (κ2) is 7.09. The second-order valence-electron chi connectivity index (χ2n) is 10.2. The van der Waals surface area contributed by atoms with Crippen LogP contribution >= 0.6 is 0 Å². The molecule has 4 aliphatic rings. The number of benzene rings is 1. The lowest BCUT2D eigenvalue weighted by Crippen LogP contribution is -2.49. The number of piperidine rings is 1. The molecule has 3 fully saturated rings. The number of amides is 1. The van der Waals surface area contributed by atoms with Crippen molar-refractivity contribution in [2.24, 2.45) is 5.41 Å². The summed E-state index contributed by atoms with van der Waals surface area (Å²) >= 11 is 0. The molecule has 2 spiro atoms. The number of anilines is 3. The number of aryl methyl sites for hydroxylation is 1. The van der Waals surface area contributed by atoms with E-state index in [9.17, 15) is 9.00 Å². The first-order valence-corrected chi connectivity index (χ1v) is 12.7. The van der Waals surface area contributed by atoms with Gasteiger partial charge in [0.1, 0.15) is 5.82 Å². The summed E-state index contributed by atoms with van der Waals surface area (Å²) < 4.78 is 13.2. The molecule has 1 aromatic heterocycles. The highest BCUT2D eigenvalue weighted by Crippen LogP contribution is 2.54. The van der Waals surface area contributed by atoms with E-state index in [0.29, 0.717) is 17.2 Å². The van der Waals surface area contributed by atoms with Crippen molar-refractivity contribution in [2.75, 3.05) is 30.8 Å². The SMILES string of the molecule is Cc1cc(S(=O)C2CC3(CCN(C)CC3)C2)ccc1Nc1ncc2c(n1)NC(=O)C21CC1. The summed E-state index contributed by atoms with van der Waals surface area (Å²) in [6.07, 6.45) is 8.16. The number of fused-ring (bicyclic) bond motifs is 2. The molecule has 6 rings (SSSR count). The van der Waals surface area contributed by atoms with Gasteiger partial charge in [0.2, 0.25) is 11.9 Å². The van der Waals surface area contributed by atoms with Crippen molar-refractivity contribution < 1.29 is 9.00 Å². The van der Waals surface area contributed by atoms with Gasteiger partial charge in [-0.15, -0.1) is 0 Å². The Hall–Kier alpha value is -2.32. The van der Waals surface area contributed by atoms with Gasteiger partial charge >= 0.3 is 0 Å². The van der Waals surface area contributed by atoms with E-state index in [1.165, 1.54) is 12.8 Å². The van der Waals surface area contributed by atoms with Crippen molar-refractivity contribution >= 4 is 34.2 Å². The Bertz CT molecular complexity index is 1130. The highest BCUT2D eigenvalue weighted by Gasteiger charge is 2.57. The zero-order chi connectivity index (χ0) is 22.1. The van der Waals surface area contributed by atoms with Gasteiger partial charge in [-0.3, -0.25) is 9.00 Å². The largest absolute Gasteiger partial charge is 0.324 e. The van der Waals surface area contributed by atoms with Crippen LogP contribution in [0.15, 0.2) is 29.3 Å². The molecule has 2 aliphatic carbocycles. The van der Waals surface area contributed by atoms with Crippen molar-refractivity contribution in [1.29, 1.82) is 0 Å². The molecule has 8 heteroatoms. The molecule has 2 aromatic rings. The van der Waals surface area contributed by atoms with Gasteiger partial charge in [-0.1, -0.05) is 0 Å². The zero-order valence-electron chi connectivity index (χ0n) is 18.6. The molecule has 168 valence electrons. The molecule has 1 aromatic carbocycles. The number of carbonyl (C=O) groups is 1. The molecule has 3 heterocycles. The van der Waals surface area contributed by atoms with Gasteiger partial charge in [-0.25, -0.2) is 4.98 Å². The Kier molecular flexibility index (Phi) is 4.50. The number of nitrogens with zero attached hydrogens (tertiary/aromatic N) is 3. The van der Waals surface area contributed by atoms with Crippen LogP contribution in [0.2, 0.25) is 0 Å². The minimum Gasteiger partial charge on any atom is -0.324 e. The zero-order valence-corrected chi connectivity index (χ0v) is 19.4. The fraction of sp³-hybridized carbons (Fsp3) is 0.542. The lowest BCUT2D eigenvalue weighted by molar-refractivity contribution is -0.117. The molecule has 1 saturated heterocycles. The average molecular weight is 452 g/mol. The minimum atomic E-state index is -0.969. The molecule has 1 amide bonds. The summed E-state index contributed by atoms with van der Waals surface area (Å²) in [7, 11) is 1.22. The van der Waals surface area contributed by atoms with Crippen molar-refractivity contribution in [3.8, 4) is 0 Å². The highest BCUT2D eigenvalue weighted by atomic mass is 32.2. The number of rotatable bonds is 4. The second-order valence-corrected chi connectivity index (χ2v) is 12.0. The maximum Gasteiger partial charge on any atom is 0.236 e. The number of aromatic nitrogens is 2. The fourth-order valence-electron chi connectivity index (χ4n) is 5.63. The van der Waals surface area contributed by atoms with Gasteiger partial charge in [0.05, 0.1) is 16.2 Å². The molecule has 2 aliphatic heterocycles. The molecular formula is C24H29N5O2S. The van der Waals surface area contributed by atoms with Gasteiger partial charge in [0.15, 0.2) is 0 Å². The molecule has 1 atom stereocenters. The summed E-state index contributed by atoms with van der Waals surface area (Å²) in [4.78, 5) is 24.5. The minimum absolute atomic E-state index is 0.0417. The number of carbonyl (C=O) groups excluding carboxylic acids is 1. The molecular weight excluding hydrogens is 422 g/mol. The van der Waals surface area contributed by atoms with Crippen LogP contribution in [0.4, 0.5) is 17.5 Å². The van der Waals surface area contributed by atoms with Crippen molar-refractivity contribution in [3.05, 3.63) is 35.5 Å². The summed E-state index contributed by atoms with van der Waals surface area (Å²) in [5, 5.41) is 6.43. The van der Waals surface area contributed by atoms with E-state index in [1.807, 2.05) is 25.1 Å². The third-order valence-electron chi connectivity index (χ3n) is 8.07. The van der Waals surface area contributed by atoms with E-state index < -0.39 is 10.8 Å². The summed E-state index contributed by atoms with van der Waals surface area (Å²) in [5.74, 6) is 1.12. The first-order chi connectivity index (χ1) is 15.4. The van der Waals surface area contributed by atoms with Crippen molar-refractivity contribution in [2.45, 2.75) is 61.0 Å². The molecule has 32 heavy (non-hydrogen) atoms. The van der Waals surface area contributed by atoms with E-state index >= 15 is 0 Å². The Balaban J connectivity index is 1.13. The van der Waals surface area contributed by atoms with Gasteiger partial charge in [0.25, 0.3) is 0 Å². The van der Waals surface area contributed by atoms with Crippen LogP contribution in [0.25, 0.3) is 0 Å². The topological polar surface area (TPSA) is 87.2 Å². The summed E-state index contributed by atoms with van der Waals surface area (Å²) in [6.45, 7) is 4.33. The smallest absolute Gasteiger partial charge is 0.236 e. The number of likely N-dealkylation sites (tertiary alicyclic amines) is 1. The van der Waals surface area contributed by atoms with Crippen LogP contribution in [0.1, 0.15) is 49.7 Å². The van der Waals surface area contributed by atoms with Crippen LogP contribution in [0.5, 0.6) is 0 Å². The first kappa shape index (κ1) is 20.3. The van der Waals surface area contributed by atoms with Crippen LogP contribution in [-0.4, -0.2) is 50.4 Å². The van der Waals surface area contributed by atoms with Crippen LogP contribution in [0.3, 0.4) is 0 Å². The highest BCUT2D eigenvalue weighted by molar-refractivity contribution is 7.85. The maximum absolute atomic E-state index is 13.2. The molecule has 2 saturated carbocycles. The standard InChI is InChI=1S/C24H29N5O2S/c1-15-11-16(32(31)17-12-23(13-17)7-9-29(2)10-8-23)3-4-19(15)26-22-25-14-18-20(28-22)27-21(30)24(18)5-6-24/h3-4,11,14,17H,5-10,12-13H2,1-2H3,(H2,25,26,27,28,30). The normalized spacial score (nSPS) is 24.1. The lowest BCUT2D eigenvalue weighted by atomic mass is 9.63. The first-order valence-electron chi connectivity index (χ1n) is 11.5. The molecule has 7 nitrogen and oxygen atoms in total. The quantitative estimate of drug-likeness (QED) is 0.740. The predicted molar refractivity (Wildman–Crippen MR) is 125 cm³/mol. The third-order valence-corrected chi connectivity index (χ3v) is 9.73. The fourth-order valence-corrected chi connectivity index (χ4v) is 7.52. The number of hydrogen-bond acceptors (Lipinski definition) is 6. The lowest BCUT2D eigenvalue weighted by Gasteiger charge is -2.51. The third kappa shape index (κ3) is 3.18. The number of hydrogen-bond donors (Lipinski definition) is 2. The Morgan fingerprint density at radius 2 is 1.94 bits per heavy atom. The predicted octanol–water partition coefficient (Wildman–Crippen LogP) is 3.49. The van der Waals surface area contributed by atoms with Crippen LogP contribution < -0.4 is 10.6 Å². The van der Waals surface area contributed by atoms with E-state index in [4.69, 9.17) is 0 Å². The van der Waals surface area contributed by atoms with Gasteiger partial charge in [0, 0.05) is 27.6 Å². The molecule has 1 unspecified atom stereocenters. The maximum atomic E-state index is 13.2. The average Bonchev–Trinajstić information content (AvgIpc) is 3.51. The van der Waals surface area contributed by atoms with Crippen molar-refractivity contribution in [1.82, 2.24) is 14.9 Å². The van der Waals surface area contributed by atoms with Crippen LogP contribution in [-0.2, 0) is 21.0 Å². The summed E-state index contributed by atoms with van der Waals surface area (Å²) in [5.41, 5.74) is 2.87. The summed E-state index contributed by atoms with van der Waals surface area (Å²) in [6, 6.07) is 5.94. The van der Waals surface area contributed by atoms with Crippen LogP contribution in [0, 0.1) is 12.3 Å².